The van der Waals surface area contributed by atoms with E-state index in [0.717, 1.165) is 71.7 Å². The van der Waals surface area contributed by atoms with E-state index in [1.54, 1.807) is 0 Å². The lowest BCUT2D eigenvalue weighted by atomic mass is 9.93. The van der Waals surface area contributed by atoms with Crippen LogP contribution in [0.25, 0.3) is 76.9 Å². The van der Waals surface area contributed by atoms with E-state index >= 15 is 0 Å². The van der Waals surface area contributed by atoms with Crippen molar-refractivity contribution in [2.24, 2.45) is 0 Å². The molecular weight excluding hydrogens is 599 g/mol. The first-order valence-corrected chi connectivity index (χ1v) is 16.6. The predicted octanol–water partition coefficient (Wildman–Crippen LogP) is 13.4. The summed E-state index contributed by atoms with van der Waals surface area (Å²) in [5.41, 5.74) is 11.4. The minimum absolute atomic E-state index is 0.858. The molecule has 0 bridgehead atoms. The second-order valence-corrected chi connectivity index (χ2v) is 12.5. The lowest BCUT2D eigenvalue weighted by Crippen LogP contribution is -2.11. The van der Waals surface area contributed by atoms with Crippen LogP contribution in [-0.4, -0.2) is 0 Å². The van der Waals surface area contributed by atoms with Crippen molar-refractivity contribution < 1.29 is 8.83 Å². The van der Waals surface area contributed by atoms with Crippen molar-refractivity contribution in [2.75, 3.05) is 4.90 Å². The van der Waals surface area contributed by atoms with E-state index in [-0.39, 0.29) is 0 Å². The number of fused-ring (bicyclic) bond motifs is 7. The van der Waals surface area contributed by atoms with Crippen LogP contribution in [0, 0.1) is 0 Å². The average Bonchev–Trinajstić information content (AvgIpc) is 3.72. The van der Waals surface area contributed by atoms with Gasteiger partial charge in [0.1, 0.15) is 22.3 Å². The lowest BCUT2D eigenvalue weighted by molar-refractivity contribution is 0.669. The third-order valence-electron chi connectivity index (χ3n) is 9.65. The van der Waals surface area contributed by atoms with Crippen molar-refractivity contribution in [3.05, 3.63) is 176 Å². The molecule has 0 N–H and O–H groups in total. The van der Waals surface area contributed by atoms with Gasteiger partial charge in [-0.1, -0.05) is 115 Å². The molecule has 3 heteroatoms. The van der Waals surface area contributed by atoms with Gasteiger partial charge >= 0.3 is 0 Å². The molecular formula is C46H29NO2. The van der Waals surface area contributed by atoms with E-state index in [1.165, 1.54) is 22.3 Å². The molecule has 0 atom stereocenters. The van der Waals surface area contributed by atoms with Crippen LogP contribution in [0.4, 0.5) is 17.1 Å². The highest BCUT2D eigenvalue weighted by atomic mass is 16.3. The maximum atomic E-state index is 6.43. The molecule has 0 aliphatic carbocycles. The summed E-state index contributed by atoms with van der Waals surface area (Å²) in [7, 11) is 0. The zero-order valence-corrected chi connectivity index (χ0v) is 26.5. The van der Waals surface area contributed by atoms with Crippen molar-refractivity contribution in [1.82, 2.24) is 0 Å². The van der Waals surface area contributed by atoms with Crippen LogP contribution in [0.1, 0.15) is 0 Å². The molecule has 0 amide bonds. The first-order chi connectivity index (χ1) is 24.3. The summed E-state index contributed by atoms with van der Waals surface area (Å²) in [5.74, 6) is 0. The smallest absolute Gasteiger partial charge is 0.137 e. The Bertz CT molecular complexity index is 2830. The van der Waals surface area contributed by atoms with E-state index in [1.807, 2.05) is 24.3 Å². The molecule has 10 rings (SSSR count). The van der Waals surface area contributed by atoms with Crippen LogP contribution in [0.2, 0.25) is 0 Å². The van der Waals surface area contributed by atoms with E-state index in [2.05, 4.69) is 157 Å². The van der Waals surface area contributed by atoms with E-state index < -0.39 is 0 Å². The number of nitrogens with zero attached hydrogens (tertiary/aromatic N) is 1. The fraction of sp³-hybridized carbons (Fsp3) is 0. The Morgan fingerprint density at radius 3 is 1.63 bits per heavy atom. The van der Waals surface area contributed by atoms with Crippen molar-refractivity contribution >= 4 is 71.7 Å². The summed E-state index contributed by atoms with van der Waals surface area (Å²) in [6, 6.07) is 62.2. The summed E-state index contributed by atoms with van der Waals surface area (Å²) in [6.45, 7) is 0. The summed E-state index contributed by atoms with van der Waals surface area (Å²) < 4.78 is 12.7. The Labute approximate surface area is 282 Å². The van der Waals surface area contributed by atoms with Gasteiger partial charge in [-0.3, -0.25) is 0 Å². The molecule has 49 heavy (non-hydrogen) atoms. The van der Waals surface area contributed by atoms with Gasteiger partial charge in [0, 0.05) is 44.4 Å². The highest BCUT2D eigenvalue weighted by Crippen LogP contribution is 2.45. The predicted molar refractivity (Wildman–Crippen MR) is 204 cm³/mol. The van der Waals surface area contributed by atoms with Gasteiger partial charge in [-0.2, -0.15) is 0 Å². The third-order valence-corrected chi connectivity index (χ3v) is 9.65. The number of benzene rings is 8. The summed E-state index contributed by atoms with van der Waals surface area (Å²) in [4.78, 5) is 2.37. The van der Waals surface area contributed by atoms with Gasteiger partial charge in [-0.25, -0.2) is 0 Å². The highest BCUT2D eigenvalue weighted by Gasteiger charge is 2.21. The fourth-order valence-corrected chi connectivity index (χ4v) is 7.35. The molecule has 0 spiro atoms. The lowest BCUT2D eigenvalue weighted by Gasteiger charge is -2.28. The first-order valence-electron chi connectivity index (χ1n) is 16.6. The van der Waals surface area contributed by atoms with Gasteiger partial charge in [0.25, 0.3) is 0 Å². The quantitative estimate of drug-likeness (QED) is 0.190. The van der Waals surface area contributed by atoms with Crippen LogP contribution in [0.3, 0.4) is 0 Å². The van der Waals surface area contributed by atoms with Crippen LogP contribution in [0.5, 0.6) is 0 Å². The minimum Gasteiger partial charge on any atom is -0.456 e. The van der Waals surface area contributed by atoms with Gasteiger partial charge < -0.3 is 13.7 Å². The van der Waals surface area contributed by atoms with E-state index in [4.69, 9.17) is 8.83 Å². The Balaban J connectivity index is 1.26. The normalized spacial score (nSPS) is 11.7. The molecule has 8 aromatic carbocycles. The molecule has 0 radical (unpaired) electrons. The number of hydrogen-bond acceptors (Lipinski definition) is 3. The molecule has 2 aromatic heterocycles. The Morgan fingerprint density at radius 1 is 0.327 bits per heavy atom. The zero-order chi connectivity index (χ0) is 32.3. The molecule has 230 valence electrons. The molecule has 10 aromatic rings. The topological polar surface area (TPSA) is 29.5 Å². The van der Waals surface area contributed by atoms with Crippen molar-refractivity contribution in [3.63, 3.8) is 0 Å². The van der Waals surface area contributed by atoms with Crippen molar-refractivity contribution in [3.8, 4) is 22.3 Å². The van der Waals surface area contributed by atoms with E-state index in [9.17, 15) is 0 Å². The Morgan fingerprint density at radius 2 is 0.898 bits per heavy atom. The third kappa shape index (κ3) is 4.51. The van der Waals surface area contributed by atoms with Gasteiger partial charge in [-0.15, -0.1) is 0 Å². The number of hydrogen-bond donors (Lipinski definition) is 0. The molecule has 0 fully saturated rings. The second kappa shape index (κ2) is 11.0. The van der Waals surface area contributed by atoms with E-state index in [0.29, 0.717) is 0 Å². The molecule has 0 saturated carbocycles. The number of para-hydroxylation sites is 2. The largest absolute Gasteiger partial charge is 0.456 e. The number of rotatable bonds is 5. The second-order valence-electron chi connectivity index (χ2n) is 12.5. The van der Waals surface area contributed by atoms with Crippen molar-refractivity contribution in [2.45, 2.75) is 0 Å². The molecule has 0 aliphatic rings. The van der Waals surface area contributed by atoms with Gasteiger partial charge in [0.2, 0.25) is 0 Å². The number of anilines is 3. The first kappa shape index (κ1) is 27.5. The van der Waals surface area contributed by atoms with Crippen molar-refractivity contribution in [1.29, 1.82) is 0 Å². The zero-order valence-electron chi connectivity index (χ0n) is 26.5. The maximum Gasteiger partial charge on any atom is 0.137 e. The van der Waals surface area contributed by atoms with Crippen LogP contribution >= 0.6 is 0 Å². The average molecular weight is 628 g/mol. The van der Waals surface area contributed by atoms with Crippen LogP contribution in [-0.2, 0) is 0 Å². The Hall–Kier alpha value is -6.58. The monoisotopic (exact) mass is 627 g/mol. The standard InChI is InChI=1S/C46H29NO2/c1-3-12-30(13-4-1)35-24-22-33(27-39(35)31-14-5-2-6-15-31)47(34-23-25-38-36-17-7-9-20-43(36)49-46(38)28-34)42-19-11-16-32-26-45-41(29-40(32)42)37-18-8-10-21-44(37)48-45/h1-29H. The van der Waals surface area contributed by atoms with Crippen LogP contribution in [0.15, 0.2) is 185 Å². The summed E-state index contributed by atoms with van der Waals surface area (Å²) in [6.07, 6.45) is 0. The molecule has 0 unspecified atom stereocenters. The number of furan rings is 2. The SMILES string of the molecule is c1ccc(-c2ccc(N(c3ccc4c(c3)oc3ccccc34)c3cccc4cc5oc6ccccc6c5cc34)cc2-c2ccccc2)cc1. The Kier molecular flexibility index (Phi) is 6.18. The molecule has 3 nitrogen and oxygen atoms in total. The fourth-order valence-electron chi connectivity index (χ4n) is 7.35. The van der Waals surface area contributed by atoms with Gasteiger partial charge in [-0.05, 0) is 82.2 Å². The highest BCUT2D eigenvalue weighted by molar-refractivity contribution is 6.13. The summed E-state index contributed by atoms with van der Waals surface area (Å²) >= 11 is 0. The maximum absolute atomic E-state index is 6.43. The van der Waals surface area contributed by atoms with Gasteiger partial charge in [0.15, 0.2) is 0 Å². The van der Waals surface area contributed by atoms with Gasteiger partial charge in [0.05, 0.1) is 5.69 Å². The minimum atomic E-state index is 0.858. The molecule has 0 aliphatic heterocycles. The van der Waals surface area contributed by atoms with Crippen LogP contribution < -0.4 is 4.90 Å². The molecule has 2 heterocycles. The summed E-state index contributed by atoms with van der Waals surface area (Å²) in [5, 5.41) is 6.69. The molecule has 0 saturated heterocycles.